The van der Waals surface area contributed by atoms with Crippen LogP contribution in [-0.2, 0) is 0 Å². The highest BCUT2D eigenvalue weighted by molar-refractivity contribution is 9.10. The summed E-state index contributed by atoms with van der Waals surface area (Å²) in [5.74, 6) is 1.55. The van der Waals surface area contributed by atoms with Gasteiger partial charge in [-0.15, -0.1) is 0 Å². The van der Waals surface area contributed by atoms with Crippen molar-refractivity contribution >= 4 is 39.1 Å². The van der Waals surface area contributed by atoms with Gasteiger partial charge in [0.05, 0.1) is 21.7 Å². The SMILES string of the molecule is CCNC(C)c1ccc(-c2c(Cl)cc(Br)cc2Cl)o1. The van der Waals surface area contributed by atoms with E-state index in [9.17, 15) is 0 Å². The van der Waals surface area contributed by atoms with Gasteiger partial charge < -0.3 is 9.73 Å². The summed E-state index contributed by atoms with van der Waals surface area (Å²) < 4.78 is 6.69. The first-order chi connectivity index (χ1) is 9.02. The first kappa shape index (κ1) is 14.9. The third kappa shape index (κ3) is 3.34. The summed E-state index contributed by atoms with van der Waals surface area (Å²) in [5, 5.41) is 4.43. The Kier molecular flexibility index (Phi) is 4.96. The van der Waals surface area contributed by atoms with E-state index in [1.165, 1.54) is 0 Å². The number of nitrogens with one attached hydrogen (secondary N) is 1. The van der Waals surface area contributed by atoms with Crippen molar-refractivity contribution in [1.29, 1.82) is 0 Å². The molecule has 102 valence electrons. The van der Waals surface area contributed by atoms with Crippen LogP contribution in [0.15, 0.2) is 33.2 Å². The summed E-state index contributed by atoms with van der Waals surface area (Å²) in [7, 11) is 0. The van der Waals surface area contributed by atoms with Crippen LogP contribution in [-0.4, -0.2) is 6.54 Å². The Hall–Kier alpha value is -0.480. The fourth-order valence-electron chi connectivity index (χ4n) is 1.90. The van der Waals surface area contributed by atoms with Crippen molar-refractivity contribution in [3.05, 3.63) is 44.5 Å². The van der Waals surface area contributed by atoms with E-state index in [0.29, 0.717) is 15.8 Å². The van der Waals surface area contributed by atoms with E-state index in [2.05, 4.69) is 35.1 Å². The van der Waals surface area contributed by atoms with Crippen molar-refractivity contribution in [2.24, 2.45) is 0 Å². The van der Waals surface area contributed by atoms with Crippen molar-refractivity contribution in [3.8, 4) is 11.3 Å². The second-order valence-electron chi connectivity index (χ2n) is 4.23. The highest BCUT2D eigenvalue weighted by Gasteiger charge is 2.16. The largest absolute Gasteiger partial charge is 0.459 e. The topological polar surface area (TPSA) is 25.2 Å². The van der Waals surface area contributed by atoms with Crippen LogP contribution in [0.5, 0.6) is 0 Å². The molecule has 0 saturated carbocycles. The zero-order valence-electron chi connectivity index (χ0n) is 10.6. The van der Waals surface area contributed by atoms with E-state index in [0.717, 1.165) is 22.3 Å². The minimum absolute atomic E-state index is 0.159. The lowest BCUT2D eigenvalue weighted by molar-refractivity contribution is 0.445. The van der Waals surface area contributed by atoms with Gasteiger partial charge in [-0.1, -0.05) is 46.1 Å². The molecule has 0 amide bonds. The van der Waals surface area contributed by atoms with E-state index in [1.54, 1.807) is 12.1 Å². The summed E-state index contributed by atoms with van der Waals surface area (Å²) in [4.78, 5) is 0. The summed E-state index contributed by atoms with van der Waals surface area (Å²) in [6.45, 7) is 5.00. The van der Waals surface area contributed by atoms with Gasteiger partial charge in [0, 0.05) is 4.47 Å². The Bertz CT molecular complexity index is 560. The van der Waals surface area contributed by atoms with Crippen LogP contribution in [0.1, 0.15) is 25.6 Å². The molecule has 2 rings (SSSR count). The lowest BCUT2D eigenvalue weighted by atomic mass is 10.2. The zero-order chi connectivity index (χ0) is 14.0. The van der Waals surface area contributed by atoms with E-state index in [4.69, 9.17) is 27.6 Å². The van der Waals surface area contributed by atoms with Crippen LogP contribution in [0.2, 0.25) is 10.0 Å². The Morgan fingerprint density at radius 1 is 1.26 bits per heavy atom. The lowest BCUT2D eigenvalue weighted by Gasteiger charge is -2.09. The third-order valence-corrected chi connectivity index (χ3v) is 3.87. The molecule has 1 N–H and O–H groups in total. The smallest absolute Gasteiger partial charge is 0.137 e. The summed E-state index contributed by atoms with van der Waals surface area (Å²) in [6.07, 6.45) is 0. The Labute approximate surface area is 131 Å². The molecule has 0 aliphatic rings. The van der Waals surface area contributed by atoms with Crippen LogP contribution in [0.3, 0.4) is 0 Å². The Morgan fingerprint density at radius 2 is 1.89 bits per heavy atom. The van der Waals surface area contributed by atoms with Crippen molar-refractivity contribution in [1.82, 2.24) is 5.32 Å². The van der Waals surface area contributed by atoms with Crippen molar-refractivity contribution in [3.63, 3.8) is 0 Å². The van der Waals surface area contributed by atoms with Crippen LogP contribution in [0.25, 0.3) is 11.3 Å². The van der Waals surface area contributed by atoms with Gasteiger partial charge in [-0.05, 0) is 37.7 Å². The molecule has 1 heterocycles. The minimum atomic E-state index is 0.159. The molecule has 0 fully saturated rings. The number of halogens is 3. The maximum absolute atomic E-state index is 6.23. The molecular formula is C14H14BrCl2NO. The summed E-state index contributed by atoms with van der Waals surface area (Å²) >= 11 is 15.8. The molecule has 1 atom stereocenters. The molecule has 19 heavy (non-hydrogen) atoms. The Balaban J connectivity index is 2.38. The molecule has 0 saturated heterocycles. The Morgan fingerprint density at radius 3 is 2.47 bits per heavy atom. The van der Waals surface area contributed by atoms with Crippen LogP contribution in [0.4, 0.5) is 0 Å². The second kappa shape index (κ2) is 6.31. The van der Waals surface area contributed by atoms with Crippen molar-refractivity contribution < 1.29 is 4.42 Å². The number of hydrogen-bond acceptors (Lipinski definition) is 2. The van der Waals surface area contributed by atoms with Gasteiger partial charge in [0.2, 0.25) is 0 Å². The van der Waals surface area contributed by atoms with Gasteiger partial charge in [0.15, 0.2) is 0 Å². The number of furan rings is 1. The van der Waals surface area contributed by atoms with Crippen molar-refractivity contribution in [2.75, 3.05) is 6.54 Å². The molecule has 1 unspecified atom stereocenters. The molecule has 5 heteroatoms. The van der Waals surface area contributed by atoms with Gasteiger partial charge >= 0.3 is 0 Å². The summed E-state index contributed by atoms with van der Waals surface area (Å²) in [6, 6.07) is 7.60. The molecule has 1 aromatic heterocycles. The third-order valence-electron chi connectivity index (χ3n) is 2.82. The lowest BCUT2D eigenvalue weighted by Crippen LogP contribution is -2.16. The van der Waals surface area contributed by atoms with Crippen LogP contribution in [0, 0.1) is 0 Å². The van der Waals surface area contributed by atoms with Crippen molar-refractivity contribution in [2.45, 2.75) is 19.9 Å². The highest BCUT2D eigenvalue weighted by atomic mass is 79.9. The van der Waals surface area contributed by atoms with E-state index >= 15 is 0 Å². The normalized spacial score (nSPS) is 12.7. The van der Waals surface area contributed by atoms with Gasteiger partial charge in [0.25, 0.3) is 0 Å². The van der Waals surface area contributed by atoms with E-state index in [1.807, 2.05) is 12.1 Å². The predicted molar refractivity (Wildman–Crippen MR) is 84.0 cm³/mol. The van der Waals surface area contributed by atoms with E-state index < -0.39 is 0 Å². The quantitative estimate of drug-likeness (QED) is 0.756. The second-order valence-corrected chi connectivity index (χ2v) is 5.96. The maximum Gasteiger partial charge on any atom is 0.137 e. The number of hydrogen-bond donors (Lipinski definition) is 1. The predicted octanol–water partition coefficient (Wildman–Crippen LogP) is 5.69. The zero-order valence-corrected chi connectivity index (χ0v) is 13.7. The number of rotatable bonds is 4. The van der Waals surface area contributed by atoms with Crippen LogP contribution >= 0.6 is 39.1 Å². The fourth-order valence-corrected chi connectivity index (χ4v) is 3.30. The first-order valence-electron chi connectivity index (χ1n) is 6.01. The maximum atomic E-state index is 6.23. The van der Waals surface area contributed by atoms with Gasteiger partial charge in [-0.3, -0.25) is 0 Å². The molecule has 2 nitrogen and oxygen atoms in total. The fraction of sp³-hybridized carbons (Fsp3) is 0.286. The standard InChI is InChI=1S/C14H14BrCl2NO/c1-3-18-8(2)12-4-5-13(19-12)14-10(16)6-9(15)7-11(14)17/h4-8,18H,3H2,1-2H3. The molecule has 2 aromatic rings. The average Bonchev–Trinajstić information content (AvgIpc) is 2.77. The average molecular weight is 363 g/mol. The van der Waals surface area contributed by atoms with Gasteiger partial charge in [-0.2, -0.15) is 0 Å². The molecule has 1 aromatic carbocycles. The molecule has 0 radical (unpaired) electrons. The highest BCUT2D eigenvalue weighted by Crippen LogP contribution is 2.38. The first-order valence-corrected chi connectivity index (χ1v) is 7.55. The summed E-state index contributed by atoms with van der Waals surface area (Å²) in [5.41, 5.74) is 0.724. The van der Waals surface area contributed by atoms with Crippen LogP contribution < -0.4 is 5.32 Å². The number of benzene rings is 1. The molecule has 0 aliphatic carbocycles. The molecular weight excluding hydrogens is 349 g/mol. The monoisotopic (exact) mass is 361 g/mol. The molecule has 0 bridgehead atoms. The van der Waals surface area contributed by atoms with E-state index in [-0.39, 0.29) is 6.04 Å². The van der Waals surface area contributed by atoms with Gasteiger partial charge in [0.1, 0.15) is 11.5 Å². The van der Waals surface area contributed by atoms with Gasteiger partial charge in [-0.25, -0.2) is 0 Å². The minimum Gasteiger partial charge on any atom is -0.459 e. The molecule has 0 spiro atoms. The molecule has 0 aliphatic heterocycles.